The average molecular weight is 462 g/mol. The normalized spacial score (nSPS) is 11.3. The highest BCUT2D eigenvalue weighted by Gasteiger charge is 2.30. The summed E-state index contributed by atoms with van der Waals surface area (Å²) in [5, 5.41) is 10.4. The summed E-state index contributed by atoms with van der Waals surface area (Å²) in [7, 11) is 0. The first-order chi connectivity index (χ1) is 15.8. The van der Waals surface area contributed by atoms with Crippen molar-refractivity contribution in [1.82, 2.24) is 5.06 Å². The Morgan fingerprint density at radius 1 is 0.939 bits per heavy atom. The number of rotatable bonds is 12. The molecule has 0 saturated heterocycles. The SMILES string of the molecule is CCCCCCCC#Cc1ccc(CN(Cc2ccc(C(F)(F)F)cc2)OCC(=O)O)cc1. The van der Waals surface area contributed by atoms with Gasteiger partial charge in [-0.15, -0.1) is 0 Å². The van der Waals surface area contributed by atoms with Gasteiger partial charge in [0.1, 0.15) is 0 Å². The van der Waals surface area contributed by atoms with Crippen LogP contribution in [0.1, 0.15) is 67.7 Å². The Morgan fingerprint density at radius 3 is 2.06 bits per heavy atom. The van der Waals surface area contributed by atoms with Gasteiger partial charge < -0.3 is 5.11 Å². The molecular formula is C26H30F3NO3. The predicted octanol–water partition coefficient (Wildman–Crippen LogP) is 6.44. The highest BCUT2D eigenvalue weighted by molar-refractivity contribution is 5.67. The molecule has 33 heavy (non-hydrogen) atoms. The van der Waals surface area contributed by atoms with Crippen LogP contribution in [0.3, 0.4) is 0 Å². The lowest BCUT2D eigenvalue weighted by atomic mass is 10.1. The van der Waals surface area contributed by atoms with Gasteiger partial charge in [-0.25, -0.2) is 4.79 Å². The zero-order valence-corrected chi connectivity index (χ0v) is 18.8. The van der Waals surface area contributed by atoms with E-state index in [0.29, 0.717) is 5.56 Å². The number of hydrogen-bond acceptors (Lipinski definition) is 3. The van der Waals surface area contributed by atoms with Gasteiger partial charge in [0.2, 0.25) is 0 Å². The second kappa shape index (κ2) is 13.7. The van der Waals surface area contributed by atoms with Crippen LogP contribution < -0.4 is 0 Å². The number of carbonyl (C=O) groups is 1. The summed E-state index contributed by atoms with van der Waals surface area (Å²) in [5.41, 5.74) is 1.61. The van der Waals surface area contributed by atoms with Gasteiger partial charge in [0.05, 0.1) is 5.56 Å². The molecule has 2 aromatic rings. The van der Waals surface area contributed by atoms with Crippen LogP contribution >= 0.6 is 0 Å². The van der Waals surface area contributed by atoms with Crippen LogP contribution in [0.5, 0.6) is 0 Å². The van der Waals surface area contributed by atoms with Crippen molar-refractivity contribution in [3.8, 4) is 11.8 Å². The van der Waals surface area contributed by atoms with Crippen molar-refractivity contribution in [3.63, 3.8) is 0 Å². The fourth-order valence-electron chi connectivity index (χ4n) is 3.18. The molecule has 1 N–H and O–H groups in total. The highest BCUT2D eigenvalue weighted by atomic mass is 19.4. The zero-order valence-electron chi connectivity index (χ0n) is 18.8. The molecule has 178 valence electrons. The number of hydroxylamine groups is 2. The Bertz CT molecular complexity index is 913. The minimum absolute atomic E-state index is 0.144. The maximum absolute atomic E-state index is 12.8. The fourth-order valence-corrected chi connectivity index (χ4v) is 3.18. The standard InChI is InChI=1S/C26H30F3NO3/c1-2-3-4-5-6-7-8-9-21-10-12-22(13-11-21)18-30(33-20-25(31)32)19-23-14-16-24(17-15-23)26(27,28)29/h10-17H,2-7,18-20H2,1H3,(H,31,32). The zero-order chi connectivity index (χ0) is 24.1. The summed E-state index contributed by atoms with van der Waals surface area (Å²) in [4.78, 5) is 16.3. The first-order valence-electron chi connectivity index (χ1n) is 11.1. The summed E-state index contributed by atoms with van der Waals surface area (Å²) in [5.74, 6) is 5.21. The molecule has 2 aromatic carbocycles. The van der Waals surface area contributed by atoms with Crippen LogP contribution in [0, 0.1) is 11.8 Å². The van der Waals surface area contributed by atoms with E-state index in [1.54, 1.807) is 0 Å². The smallest absolute Gasteiger partial charge is 0.416 e. The number of unbranched alkanes of at least 4 members (excludes halogenated alkanes) is 5. The third-order valence-electron chi connectivity index (χ3n) is 4.96. The Hall–Kier alpha value is -2.82. The molecule has 0 radical (unpaired) electrons. The summed E-state index contributed by atoms with van der Waals surface area (Å²) in [6, 6.07) is 12.3. The average Bonchev–Trinajstić information content (AvgIpc) is 2.77. The van der Waals surface area contributed by atoms with Gasteiger partial charge in [-0.1, -0.05) is 68.7 Å². The van der Waals surface area contributed by atoms with E-state index in [1.165, 1.54) is 42.9 Å². The number of nitrogens with zero attached hydrogens (tertiary/aromatic N) is 1. The second-order valence-electron chi connectivity index (χ2n) is 7.82. The number of carboxylic acids is 1. The molecule has 0 aliphatic carbocycles. The molecule has 2 rings (SSSR count). The first-order valence-corrected chi connectivity index (χ1v) is 11.1. The maximum atomic E-state index is 12.8. The van der Waals surface area contributed by atoms with Gasteiger partial charge in [-0.3, -0.25) is 4.84 Å². The van der Waals surface area contributed by atoms with E-state index >= 15 is 0 Å². The van der Waals surface area contributed by atoms with Crippen LogP contribution in [0.2, 0.25) is 0 Å². The van der Waals surface area contributed by atoms with Crippen LogP contribution in [-0.2, 0) is 28.9 Å². The van der Waals surface area contributed by atoms with E-state index in [2.05, 4.69) is 18.8 Å². The predicted molar refractivity (Wildman–Crippen MR) is 121 cm³/mol. The van der Waals surface area contributed by atoms with Gasteiger partial charge in [-0.2, -0.15) is 18.2 Å². The van der Waals surface area contributed by atoms with Gasteiger partial charge in [0.25, 0.3) is 0 Å². The third kappa shape index (κ3) is 10.6. The molecule has 7 heteroatoms. The number of aliphatic carboxylic acids is 1. The molecule has 0 unspecified atom stereocenters. The van der Waals surface area contributed by atoms with Crippen molar-refractivity contribution in [2.24, 2.45) is 0 Å². The molecule has 4 nitrogen and oxygen atoms in total. The van der Waals surface area contributed by atoms with Gasteiger partial charge in [-0.05, 0) is 41.8 Å². The van der Waals surface area contributed by atoms with Crippen molar-refractivity contribution in [3.05, 3.63) is 70.8 Å². The first kappa shape index (κ1) is 26.4. The molecule has 0 amide bonds. The van der Waals surface area contributed by atoms with E-state index in [9.17, 15) is 18.0 Å². The van der Waals surface area contributed by atoms with Crippen molar-refractivity contribution >= 4 is 5.97 Å². The van der Waals surface area contributed by atoms with E-state index in [-0.39, 0.29) is 13.1 Å². The highest BCUT2D eigenvalue weighted by Crippen LogP contribution is 2.29. The van der Waals surface area contributed by atoms with Crippen molar-refractivity contribution in [1.29, 1.82) is 0 Å². The van der Waals surface area contributed by atoms with Gasteiger partial charge >= 0.3 is 12.1 Å². The monoisotopic (exact) mass is 461 g/mol. The van der Waals surface area contributed by atoms with E-state index < -0.39 is 24.3 Å². The van der Waals surface area contributed by atoms with E-state index in [4.69, 9.17) is 9.94 Å². The lowest BCUT2D eigenvalue weighted by molar-refractivity contribution is -0.190. The number of hydrogen-bond donors (Lipinski definition) is 1. The lowest BCUT2D eigenvalue weighted by Gasteiger charge is -2.21. The van der Waals surface area contributed by atoms with Crippen LogP contribution in [-0.4, -0.2) is 22.7 Å². The Labute approximate surface area is 193 Å². The Morgan fingerprint density at radius 2 is 1.52 bits per heavy atom. The number of benzene rings is 2. The summed E-state index contributed by atoms with van der Waals surface area (Å²) in [6.45, 7) is 2.07. The summed E-state index contributed by atoms with van der Waals surface area (Å²) < 4.78 is 38.3. The van der Waals surface area contributed by atoms with Crippen LogP contribution in [0.4, 0.5) is 13.2 Å². The molecular weight excluding hydrogens is 431 g/mol. The molecule has 0 aromatic heterocycles. The van der Waals surface area contributed by atoms with E-state index in [0.717, 1.165) is 36.1 Å². The summed E-state index contributed by atoms with van der Waals surface area (Å²) >= 11 is 0. The van der Waals surface area contributed by atoms with Gasteiger partial charge in [0.15, 0.2) is 6.61 Å². The van der Waals surface area contributed by atoms with Crippen molar-refractivity contribution in [2.45, 2.75) is 64.7 Å². The number of alkyl halides is 3. The summed E-state index contributed by atoms with van der Waals surface area (Å²) in [6.07, 6.45) is 2.51. The lowest BCUT2D eigenvalue weighted by Crippen LogP contribution is -2.26. The van der Waals surface area contributed by atoms with E-state index in [1.807, 2.05) is 24.3 Å². The number of halogens is 3. The Balaban J connectivity index is 1.95. The molecule has 0 aliphatic heterocycles. The molecule has 0 fully saturated rings. The molecule has 0 aliphatic rings. The molecule has 0 saturated carbocycles. The second-order valence-corrected chi connectivity index (χ2v) is 7.82. The van der Waals surface area contributed by atoms with Crippen LogP contribution in [0.15, 0.2) is 48.5 Å². The van der Waals surface area contributed by atoms with Crippen molar-refractivity contribution < 1.29 is 27.9 Å². The molecule has 0 spiro atoms. The minimum Gasteiger partial charge on any atom is -0.479 e. The van der Waals surface area contributed by atoms with Crippen LogP contribution in [0.25, 0.3) is 0 Å². The molecule has 0 heterocycles. The molecule has 0 bridgehead atoms. The topological polar surface area (TPSA) is 49.8 Å². The maximum Gasteiger partial charge on any atom is 0.416 e. The molecule has 0 atom stereocenters. The third-order valence-corrected chi connectivity index (χ3v) is 4.96. The fraction of sp³-hybridized carbons (Fsp3) is 0.423. The number of carboxylic acid groups (broad SMARTS) is 1. The quantitative estimate of drug-likeness (QED) is 0.225. The minimum atomic E-state index is -4.41. The Kier molecular flexibility index (Phi) is 10.9. The van der Waals surface area contributed by atoms with Gasteiger partial charge in [0, 0.05) is 25.1 Å². The van der Waals surface area contributed by atoms with Crippen molar-refractivity contribution in [2.75, 3.05) is 6.61 Å². The largest absolute Gasteiger partial charge is 0.479 e.